The quantitative estimate of drug-likeness (QED) is 0.493. The van der Waals surface area contributed by atoms with E-state index in [0.29, 0.717) is 17.1 Å². The predicted molar refractivity (Wildman–Crippen MR) is 105 cm³/mol. The summed E-state index contributed by atoms with van der Waals surface area (Å²) < 4.78 is 5.05. The maximum Gasteiger partial charge on any atom is 0.291 e. The molecule has 7 heteroatoms. The van der Waals surface area contributed by atoms with E-state index in [1.807, 2.05) is 31.2 Å². The number of fused-ring (bicyclic) bond motifs is 1. The molecule has 4 aromatic rings. The third-order valence-corrected chi connectivity index (χ3v) is 4.32. The lowest BCUT2D eigenvalue weighted by Crippen LogP contribution is -2.27. The fourth-order valence-corrected chi connectivity index (χ4v) is 2.83. The van der Waals surface area contributed by atoms with Crippen molar-refractivity contribution in [1.29, 1.82) is 0 Å². The molecule has 0 spiro atoms. The first-order chi connectivity index (χ1) is 13.6. The number of hydrogen-bond acceptors (Lipinski definition) is 4. The van der Waals surface area contributed by atoms with E-state index in [1.54, 1.807) is 36.4 Å². The molecule has 4 rings (SSSR count). The first kappa shape index (κ1) is 17.5. The highest BCUT2D eigenvalue weighted by Gasteiger charge is 2.15. The molecule has 140 valence electrons. The van der Waals surface area contributed by atoms with Gasteiger partial charge in [0, 0.05) is 11.3 Å². The molecule has 0 fully saturated rings. The van der Waals surface area contributed by atoms with Gasteiger partial charge in [-0.1, -0.05) is 12.1 Å². The topological polar surface area (TPSA) is 100 Å². The molecule has 0 aliphatic rings. The smallest absolute Gasteiger partial charge is 0.291 e. The van der Waals surface area contributed by atoms with Crippen LogP contribution in [0.2, 0.25) is 0 Å². The summed E-state index contributed by atoms with van der Waals surface area (Å²) in [6.07, 6.45) is 1.44. The van der Waals surface area contributed by atoms with E-state index in [4.69, 9.17) is 4.42 Å². The van der Waals surface area contributed by atoms with E-state index in [-0.39, 0.29) is 23.6 Å². The van der Waals surface area contributed by atoms with E-state index in [1.165, 1.54) is 6.26 Å². The van der Waals surface area contributed by atoms with E-state index in [9.17, 15) is 9.59 Å². The summed E-state index contributed by atoms with van der Waals surface area (Å²) in [5, 5.41) is 5.63. The molecular weight excluding hydrogens is 356 g/mol. The SMILES string of the molecule is CC(NC(=O)c1ccc(NC(=O)c2ccco2)cc1)c1nc2ccccc2[nH]1. The van der Waals surface area contributed by atoms with Gasteiger partial charge in [0.1, 0.15) is 5.82 Å². The minimum Gasteiger partial charge on any atom is -0.459 e. The summed E-state index contributed by atoms with van der Waals surface area (Å²) in [6, 6.07) is 17.3. The highest BCUT2D eigenvalue weighted by Crippen LogP contribution is 2.17. The van der Waals surface area contributed by atoms with Crippen LogP contribution in [-0.4, -0.2) is 21.8 Å². The van der Waals surface area contributed by atoms with E-state index < -0.39 is 0 Å². The number of furan rings is 1. The second kappa shape index (κ2) is 7.40. The number of nitrogens with zero attached hydrogens (tertiary/aromatic N) is 1. The number of carbonyl (C=O) groups is 2. The molecular formula is C21H18N4O3. The van der Waals surface area contributed by atoms with Crippen molar-refractivity contribution < 1.29 is 14.0 Å². The van der Waals surface area contributed by atoms with Crippen molar-refractivity contribution in [3.8, 4) is 0 Å². The van der Waals surface area contributed by atoms with Gasteiger partial charge in [-0.2, -0.15) is 0 Å². The minimum atomic E-state index is -0.347. The number of hydrogen-bond donors (Lipinski definition) is 3. The van der Waals surface area contributed by atoms with Crippen molar-refractivity contribution in [2.75, 3.05) is 5.32 Å². The molecule has 7 nitrogen and oxygen atoms in total. The van der Waals surface area contributed by atoms with Gasteiger partial charge in [-0.15, -0.1) is 0 Å². The number of anilines is 1. The number of aromatic amines is 1. The van der Waals surface area contributed by atoms with Crippen molar-refractivity contribution >= 4 is 28.5 Å². The molecule has 0 aliphatic heterocycles. The van der Waals surface area contributed by atoms with Crippen LogP contribution in [0, 0.1) is 0 Å². The Morgan fingerprint density at radius 1 is 1.00 bits per heavy atom. The summed E-state index contributed by atoms with van der Waals surface area (Å²) in [4.78, 5) is 32.2. The fourth-order valence-electron chi connectivity index (χ4n) is 2.83. The number of H-pyrrole nitrogens is 1. The molecule has 1 atom stereocenters. The van der Waals surface area contributed by atoms with Crippen molar-refractivity contribution in [1.82, 2.24) is 15.3 Å². The second-order valence-electron chi connectivity index (χ2n) is 6.34. The first-order valence-electron chi connectivity index (χ1n) is 8.80. The number of amides is 2. The van der Waals surface area contributed by atoms with Gasteiger partial charge in [-0.05, 0) is 55.5 Å². The van der Waals surface area contributed by atoms with Crippen molar-refractivity contribution in [2.24, 2.45) is 0 Å². The average Bonchev–Trinajstić information content (AvgIpc) is 3.38. The molecule has 1 unspecified atom stereocenters. The molecule has 2 heterocycles. The van der Waals surface area contributed by atoms with Crippen molar-refractivity contribution in [3.05, 3.63) is 84.1 Å². The van der Waals surface area contributed by atoms with Crippen molar-refractivity contribution in [2.45, 2.75) is 13.0 Å². The van der Waals surface area contributed by atoms with Gasteiger partial charge in [-0.25, -0.2) is 4.98 Å². The monoisotopic (exact) mass is 374 g/mol. The molecule has 0 saturated heterocycles. The lowest BCUT2D eigenvalue weighted by atomic mass is 10.1. The van der Waals surface area contributed by atoms with Crippen LogP contribution >= 0.6 is 0 Å². The summed E-state index contributed by atoms with van der Waals surface area (Å²) in [7, 11) is 0. The largest absolute Gasteiger partial charge is 0.459 e. The van der Waals surface area contributed by atoms with Crippen LogP contribution in [0.1, 0.15) is 39.7 Å². The standard InChI is InChI=1S/C21H18N4O3/c1-13(19-24-16-5-2-3-6-17(16)25-19)22-20(26)14-8-10-15(11-9-14)23-21(27)18-7-4-12-28-18/h2-13H,1H3,(H,22,26)(H,23,27)(H,24,25). The number of imidazole rings is 1. The highest BCUT2D eigenvalue weighted by atomic mass is 16.3. The zero-order valence-corrected chi connectivity index (χ0v) is 15.1. The van der Waals surface area contributed by atoms with Gasteiger partial charge in [0.25, 0.3) is 11.8 Å². The second-order valence-corrected chi connectivity index (χ2v) is 6.34. The fraction of sp³-hybridized carbons (Fsp3) is 0.0952. The van der Waals surface area contributed by atoms with Gasteiger partial charge in [-0.3, -0.25) is 9.59 Å². The Bertz CT molecular complexity index is 1080. The number of para-hydroxylation sites is 2. The predicted octanol–water partition coefficient (Wildman–Crippen LogP) is 3.90. The Morgan fingerprint density at radius 3 is 2.50 bits per heavy atom. The maximum atomic E-state index is 12.5. The van der Waals surface area contributed by atoms with Crippen LogP contribution in [0.4, 0.5) is 5.69 Å². The lowest BCUT2D eigenvalue weighted by molar-refractivity contribution is 0.0937. The van der Waals surface area contributed by atoms with Gasteiger partial charge in [0.2, 0.25) is 0 Å². The summed E-state index contributed by atoms with van der Waals surface area (Å²) in [5.74, 6) is 0.343. The van der Waals surface area contributed by atoms with Crippen LogP contribution in [0.5, 0.6) is 0 Å². The maximum absolute atomic E-state index is 12.5. The molecule has 3 N–H and O–H groups in total. The Morgan fingerprint density at radius 2 is 1.79 bits per heavy atom. The lowest BCUT2D eigenvalue weighted by Gasteiger charge is -2.12. The van der Waals surface area contributed by atoms with E-state index in [2.05, 4.69) is 20.6 Å². The average molecular weight is 374 g/mol. The number of benzene rings is 2. The molecule has 2 aromatic heterocycles. The summed E-state index contributed by atoms with van der Waals surface area (Å²) in [6.45, 7) is 1.87. The van der Waals surface area contributed by atoms with Gasteiger partial charge >= 0.3 is 0 Å². The Hall–Kier alpha value is -3.87. The number of nitrogens with one attached hydrogen (secondary N) is 3. The Balaban J connectivity index is 1.41. The van der Waals surface area contributed by atoms with Gasteiger partial charge in [0.05, 0.1) is 23.3 Å². The summed E-state index contributed by atoms with van der Waals surface area (Å²) >= 11 is 0. The molecule has 2 amide bonds. The van der Waals surface area contributed by atoms with Gasteiger partial charge in [0.15, 0.2) is 5.76 Å². The number of aromatic nitrogens is 2. The third kappa shape index (κ3) is 3.64. The highest BCUT2D eigenvalue weighted by molar-refractivity contribution is 6.02. The third-order valence-electron chi connectivity index (χ3n) is 4.32. The number of rotatable bonds is 5. The number of carbonyl (C=O) groups excluding carboxylic acids is 2. The zero-order chi connectivity index (χ0) is 19.5. The normalized spacial score (nSPS) is 11.9. The van der Waals surface area contributed by atoms with Crippen LogP contribution in [0.15, 0.2) is 71.3 Å². The van der Waals surface area contributed by atoms with Crippen LogP contribution in [-0.2, 0) is 0 Å². The molecule has 0 aliphatic carbocycles. The van der Waals surface area contributed by atoms with Crippen LogP contribution in [0.3, 0.4) is 0 Å². The molecule has 0 radical (unpaired) electrons. The van der Waals surface area contributed by atoms with Gasteiger partial charge < -0.3 is 20.0 Å². The molecule has 28 heavy (non-hydrogen) atoms. The molecule has 0 saturated carbocycles. The van der Waals surface area contributed by atoms with E-state index in [0.717, 1.165) is 11.0 Å². The molecule has 2 aromatic carbocycles. The van der Waals surface area contributed by atoms with E-state index >= 15 is 0 Å². The zero-order valence-electron chi connectivity index (χ0n) is 15.1. The Labute approximate surface area is 160 Å². The first-order valence-corrected chi connectivity index (χ1v) is 8.80. The summed E-state index contributed by atoms with van der Waals surface area (Å²) in [5.41, 5.74) is 2.84. The minimum absolute atomic E-state index is 0.224. The molecule has 0 bridgehead atoms. The van der Waals surface area contributed by atoms with Crippen LogP contribution in [0.25, 0.3) is 11.0 Å². The van der Waals surface area contributed by atoms with Crippen LogP contribution < -0.4 is 10.6 Å². The van der Waals surface area contributed by atoms with Crippen molar-refractivity contribution in [3.63, 3.8) is 0 Å². The Kier molecular flexibility index (Phi) is 4.63.